The maximum atomic E-state index is 13.3. The maximum Gasteiger partial charge on any atom is 0.338 e. The van der Waals surface area contributed by atoms with E-state index in [0.717, 1.165) is 16.7 Å². The molecule has 0 amide bonds. The molecule has 5 rings (SSSR count). The van der Waals surface area contributed by atoms with Crippen LogP contribution in [0.1, 0.15) is 41.4 Å². The largest absolute Gasteiger partial charge is 0.493 e. The molecular weight excluding hydrogens is 488 g/mol. The van der Waals surface area contributed by atoms with E-state index in [1.54, 1.807) is 40.6 Å². The fraction of sp³-hybridized carbons (Fsp3) is 0.367. The normalized spacial score (nSPS) is 19.4. The van der Waals surface area contributed by atoms with Gasteiger partial charge in [0.2, 0.25) is 18.3 Å². The molecule has 3 unspecified atom stereocenters. The summed E-state index contributed by atoms with van der Waals surface area (Å²) in [5, 5.41) is 0. The highest BCUT2D eigenvalue weighted by atomic mass is 16.7. The zero-order valence-corrected chi connectivity index (χ0v) is 22.5. The summed E-state index contributed by atoms with van der Waals surface area (Å²) in [4.78, 5) is 13.3. The first-order valence-electron chi connectivity index (χ1n) is 12.5. The molecule has 1 aliphatic carbocycles. The van der Waals surface area contributed by atoms with Crippen molar-refractivity contribution in [2.24, 2.45) is 11.8 Å². The van der Waals surface area contributed by atoms with Gasteiger partial charge in [-0.3, -0.25) is 0 Å². The highest BCUT2D eigenvalue weighted by Crippen LogP contribution is 2.58. The molecule has 8 heteroatoms. The lowest BCUT2D eigenvalue weighted by Crippen LogP contribution is -2.26. The fourth-order valence-corrected chi connectivity index (χ4v) is 5.39. The van der Waals surface area contributed by atoms with Crippen molar-refractivity contribution in [2.75, 3.05) is 35.2 Å². The molecule has 1 aliphatic heterocycles. The van der Waals surface area contributed by atoms with Crippen LogP contribution in [-0.2, 0) is 11.2 Å². The Morgan fingerprint density at radius 1 is 0.842 bits per heavy atom. The molecule has 0 fully saturated rings. The monoisotopic (exact) mass is 520 g/mol. The zero-order chi connectivity index (χ0) is 27.0. The molecule has 0 bridgehead atoms. The van der Waals surface area contributed by atoms with E-state index >= 15 is 0 Å². The van der Waals surface area contributed by atoms with E-state index in [1.165, 1.54) is 0 Å². The molecule has 0 N–H and O–H groups in total. The average molecular weight is 521 g/mol. The predicted octanol–water partition coefficient (Wildman–Crippen LogP) is 5.84. The quantitative estimate of drug-likeness (QED) is 0.375. The molecule has 0 saturated carbocycles. The first-order chi connectivity index (χ1) is 18.4. The van der Waals surface area contributed by atoms with Crippen molar-refractivity contribution in [3.63, 3.8) is 0 Å². The van der Waals surface area contributed by atoms with Gasteiger partial charge in [-0.15, -0.1) is 0 Å². The molecule has 1 heterocycles. The van der Waals surface area contributed by atoms with Crippen molar-refractivity contribution >= 4 is 5.97 Å². The van der Waals surface area contributed by atoms with E-state index in [-0.39, 0.29) is 18.6 Å². The van der Waals surface area contributed by atoms with Crippen LogP contribution in [0.4, 0.5) is 0 Å². The second-order valence-corrected chi connectivity index (χ2v) is 9.52. The van der Waals surface area contributed by atoms with E-state index in [0.29, 0.717) is 52.0 Å². The van der Waals surface area contributed by atoms with Gasteiger partial charge < -0.3 is 33.2 Å². The van der Waals surface area contributed by atoms with E-state index in [2.05, 4.69) is 13.8 Å². The molecule has 2 aliphatic rings. The van der Waals surface area contributed by atoms with Crippen LogP contribution < -0.4 is 28.4 Å². The van der Waals surface area contributed by atoms with Gasteiger partial charge in [-0.05, 0) is 42.2 Å². The van der Waals surface area contributed by atoms with Gasteiger partial charge in [0.05, 0.1) is 34.0 Å². The van der Waals surface area contributed by atoms with Crippen LogP contribution in [-0.4, -0.2) is 41.2 Å². The molecule has 0 spiro atoms. The lowest BCUT2D eigenvalue weighted by molar-refractivity contribution is 0.00701. The van der Waals surface area contributed by atoms with Crippen molar-refractivity contribution in [1.82, 2.24) is 0 Å². The van der Waals surface area contributed by atoms with Crippen LogP contribution >= 0.6 is 0 Å². The van der Waals surface area contributed by atoms with Gasteiger partial charge in [0, 0.05) is 22.6 Å². The van der Waals surface area contributed by atoms with E-state index in [1.807, 2.05) is 30.3 Å². The van der Waals surface area contributed by atoms with Crippen molar-refractivity contribution < 1.29 is 38.0 Å². The summed E-state index contributed by atoms with van der Waals surface area (Å²) >= 11 is 0. The maximum absolute atomic E-state index is 13.3. The van der Waals surface area contributed by atoms with Crippen LogP contribution in [0.2, 0.25) is 0 Å². The number of hydrogen-bond acceptors (Lipinski definition) is 8. The zero-order valence-electron chi connectivity index (χ0n) is 22.5. The van der Waals surface area contributed by atoms with Crippen LogP contribution in [0.15, 0.2) is 42.5 Å². The van der Waals surface area contributed by atoms with Gasteiger partial charge in [-0.2, -0.15) is 0 Å². The number of hydrogen-bond donors (Lipinski definition) is 0. The van der Waals surface area contributed by atoms with E-state index in [9.17, 15) is 4.79 Å². The molecular formula is C30H32O8. The van der Waals surface area contributed by atoms with Gasteiger partial charge >= 0.3 is 5.97 Å². The average Bonchev–Trinajstić information content (AvgIpc) is 3.42. The lowest BCUT2D eigenvalue weighted by Gasteiger charge is -2.35. The topological polar surface area (TPSA) is 81.7 Å². The van der Waals surface area contributed by atoms with Crippen molar-refractivity contribution in [1.29, 1.82) is 0 Å². The van der Waals surface area contributed by atoms with Crippen molar-refractivity contribution in [2.45, 2.75) is 26.4 Å². The Bertz CT molecular complexity index is 1350. The van der Waals surface area contributed by atoms with Crippen LogP contribution in [0.3, 0.4) is 0 Å². The molecule has 0 radical (unpaired) electrons. The highest BCUT2D eigenvalue weighted by Gasteiger charge is 2.40. The minimum absolute atomic E-state index is 0.0567. The van der Waals surface area contributed by atoms with Gasteiger partial charge in [0.25, 0.3) is 0 Å². The SMILES string of the molecule is COc1cc2c(c(OC)c1OC)-c1c(cc3c(c1OC)OCO3)C(OC(=O)c1ccccc1)C(C)C(C)C2. The summed E-state index contributed by atoms with van der Waals surface area (Å²) in [5.41, 5.74) is 3.68. The molecule has 3 aromatic carbocycles. The number of esters is 1. The summed E-state index contributed by atoms with van der Waals surface area (Å²) < 4.78 is 41.2. The molecule has 0 saturated heterocycles. The summed E-state index contributed by atoms with van der Waals surface area (Å²) in [6.07, 6.45) is 0.0611. The third kappa shape index (κ3) is 4.14. The number of methoxy groups -OCH3 is 4. The Balaban J connectivity index is 1.82. The molecule has 3 atom stereocenters. The minimum atomic E-state index is -0.609. The van der Waals surface area contributed by atoms with Crippen LogP contribution in [0, 0.1) is 11.8 Å². The Hall–Kier alpha value is -4.07. The summed E-state index contributed by atoms with van der Waals surface area (Å²) in [7, 11) is 6.35. The standard InChI is InChI=1S/C30H32O8/c1-16-12-19-13-21(32-3)26(33-4)28(34-5)23(19)24-20(14-22-27(29(24)35-6)37-15-36-22)25(17(16)2)38-30(31)18-10-8-7-9-11-18/h7-11,13-14,16-17,25H,12,15H2,1-6H3. The molecule has 8 nitrogen and oxygen atoms in total. The van der Waals surface area contributed by atoms with Crippen molar-refractivity contribution in [3.8, 4) is 45.6 Å². The van der Waals surface area contributed by atoms with E-state index in [4.69, 9.17) is 33.2 Å². The second-order valence-electron chi connectivity index (χ2n) is 9.52. The molecule has 38 heavy (non-hydrogen) atoms. The summed E-state index contributed by atoms with van der Waals surface area (Å²) in [6, 6.07) is 12.9. The second kappa shape index (κ2) is 10.4. The Kier molecular flexibility index (Phi) is 6.97. The number of carbonyl (C=O) groups excluding carboxylic acids is 1. The van der Waals surface area contributed by atoms with Gasteiger partial charge in [0.15, 0.2) is 23.0 Å². The van der Waals surface area contributed by atoms with Crippen LogP contribution in [0.5, 0.6) is 34.5 Å². The highest BCUT2D eigenvalue weighted by molar-refractivity contribution is 5.91. The minimum Gasteiger partial charge on any atom is -0.493 e. The molecule has 200 valence electrons. The van der Waals surface area contributed by atoms with Crippen LogP contribution in [0.25, 0.3) is 11.1 Å². The van der Waals surface area contributed by atoms with Gasteiger partial charge in [-0.25, -0.2) is 4.79 Å². The third-order valence-corrected chi connectivity index (χ3v) is 7.48. The summed E-state index contributed by atoms with van der Waals surface area (Å²) in [6.45, 7) is 4.30. The first-order valence-corrected chi connectivity index (χ1v) is 12.5. The number of benzene rings is 3. The fourth-order valence-electron chi connectivity index (χ4n) is 5.39. The number of rotatable bonds is 6. The van der Waals surface area contributed by atoms with Crippen molar-refractivity contribution in [3.05, 3.63) is 59.2 Å². The Morgan fingerprint density at radius 3 is 2.21 bits per heavy atom. The molecule has 0 aromatic heterocycles. The Labute approximate surface area is 222 Å². The number of ether oxygens (including phenoxy) is 7. The first kappa shape index (κ1) is 25.6. The lowest BCUT2D eigenvalue weighted by atomic mass is 9.75. The predicted molar refractivity (Wildman–Crippen MR) is 141 cm³/mol. The Morgan fingerprint density at radius 2 is 1.55 bits per heavy atom. The molecule has 3 aromatic rings. The number of carbonyl (C=O) groups is 1. The number of fused-ring (bicyclic) bond motifs is 4. The van der Waals surface area contributed by atoms with Gasteiger partial charge in [0.1, 0.15) is 6.10 Å². The van der Waals surface area contributed by atoms with E-state index < -0.39 is 12.1 Å². The third-order valence-electron chi connectivity index (χ3n) is 7.48. The van der Waals surface area contributed by atoms with Gasteiger partial charge in [-0.1, -0.05) is 32.0 Å². The smallest absolute Gasteiger partial charge is 0.338 e. The summed E-state index contributed by atoms with van der Waals surface area (Å²) in [5.74, 6) is 2.67.